The third kappa shape index (κ3) is 3.22. The first-order valence-corrected chi connectivity index (χ1v) is 9.34. The summed E-state index contributed by atoms with van der Waals surface area (Å²) in [6.07, 6.45) is 3.86. The molecule has 3 rings (SSSR count). The number of amides is 1. The Kier molecular flexibility index (Phi) is 4.46. The van der Waals surface area contributed by atoms with Crippen molar-refractivity contribution in [2.24, 2.45) is 14.1 Å². The van der Waals surface area contributed by atoms with Crippen LogP contribution in [0.25, 0.3) is 0 Å². The molecule has 1 atom stereocenters. The van der Waals surface area contributed by atoms with Crippen LogP contribution >= 0.6 is 11.8 Å². The lowest BCUT2D eigenvalue weighted by Gasteiger charge is -2.34. The van der Waals surface area contributed by atoms with E-state index in [0.29, 0.717) is 5.69 Å². The number of nitrogens with zero attached hydrogens (tertiary/aromatic N) is 5. The third-order valence-electron chi connectivity index (χ3n) is 4.37. The van der Waals surface area contributed by atoms with E-state index in [0.717, 1.165) is 29.3 Å². The van der Waals surface area contributed by atoms with Gasteiger partial charge in [0.05, 0.1) is 17.9 Å². The van der Waals surface area contributed by atoms with E-state index in [2.05, 4.69) is 31.0 Å². The molecule has 0 saturated carbocycles. The number of rotatable bonds is 2. The highest BCUT2D eigenvalue weighted by Crippen LogP contribution is 2.31. The van der Waals surface area contributed by atoms with Crippen LogP contribution in [0.2, 0.25) is 0 Å². The summed E-state index contributed by atoms with van der Waals surface area (Å²) in [4.78, 5) is 15.1. The quantitative estimate of drug-likeness (QED) is 0.837. The average molecular weight is 347 g/mol. The van der Waals surface area contributed by atoms with E-state index in [1.54, 1.807) is 9.36 Å². The van der Waals surface area contributed by atoms with Gasteiger partial charge in [-0.2, -0.15) is 22.0 Å². The average Bonchev–Trinajstić information content (AvgIpc) is 3.12. The Balaban J connectivity index is 1.91. The van der Waals surface area contributed by atoms with Crippen molar-refractivity contribution in [2.45, 2.75) is 32.2 Å². The SMILES string of the molecule is Cn1cc(C2CSCCN2C(=O)c2cc(C(C)(C)C)nn2C)cn1. The smallest absolute Gasteiger partial charge is 0.272 e. The van der Waals surface area contributed by atoms with Crippen molar-refractivity contribution in [3.05, 3.63) is 35.4 Å². The summed E-state index contributed by atoms with van der Waals surface area (Å²) >= 11 is 1.88. The van der Waals surface area contributed by atoms with Crippen molar-refractivity contribution in [3.63, 3.8) is 0 Å². The molecule has 7 heteroatoms. The molecule has 1 saturated heterocycles. The number of hydrogen-bond donors (Lipinski definition) is 0. The highest BCUT2D eigenvalue weighted by molar-refractivity contribution is 7.99. The van der Waals surface area contributed by atoms with Crippen LogP contribution in [0.3, 0.4) is 0 Å². The van der Waals surface area contributed by atoms with Crippen LogP contribution in [0.1, 0.15) is 48.6 Å². The molecule has 1 aliphatic heterocycles. The summed E-state index contributed by atoms with van der Waals surface area (Å²) < 4.78 is 3.50. The van der Waals surface area contributed by atoms with Gasteiger partial charge in [0.1, 0.15) is 5.69 Å². The molecule has 0 N–H and O–H groups in total. The molecule has 130 valence electrons. The molecule has 0 radical (unpaired) electrons. The van der Waals surface area contributed by atoms with Crippen LogP contribution < -0.4 is 0 Å². The molecular formula is C17H25N5OS. The predicted molar refractivity (Wildman–Crippen MR) is 96.2 cm³/mol. The lowest BCUT2D eigenvalue weighted by atomic mass is 9.92. The molecule has 6 nitrogen and oxygen atoms in total. The van der Waals surface area contributed by atoms with Crippen molar-refractivity contribution in [1.82, 2.24) is 24.5 Å². The van der Waals surface area contributed by atoms with Gasteiger partial charge in [-0.15, -0.1) is 0 Å². The van der Waals surface area contributed by atoms with Gasteiger partial charge in [0, 0.05) is 49.3 Å². The lowest BCUT2D eigenvalue weighted by Crippen LogP contribution is -2.41. The molecule has 2 aromatic heterocycles. The van der Waals surface area contributed by atoms with E-state index in [-0.39, 0.29) is 17.4 Å². The van der Waals surface area contributed by atoms with Gasteiger partial charge in [0.2, 0.25) is 0 Å². The number of aryl methyl sites for hydroxylation is 2. The Bertz CT molecular complexity index is 742. The molecule has 1 fully saturated rings. The van der Waals surface area contributed by atoms with E-state index in [1.807, 2.05) is 49.2 Å². The van der Waals surface area contributed by atoms with Gasteiger partial charge in [-0.3, -0.25) is 14.2 Å². The minimum atomic E-state index is -0.0726. The van der Waals surface area contributed by atoms with E-state index >= 15 is 0 Å². The zero-order valence-electron chi connectivity index (χ0n) is 15.0. The number of carbonyl (C=O) groups excluding carboxylic acids is 1. The Labute approximate surface area is 147 Å². The second-order valence-corrected chi connectivity index (χ2v) is 8.47. The van der Waals surface area contributed by atoms with E-state index in [4.69, 9.17) is 0 Å². The molecule has 0 spiro atoms. The highest BCUT2D eigenvalue weighted by Gasteiger charge is 2.32. The van der Waals surface area contributed by atoms with E-state index in [1.165, 1.54) is 0 Å². The molecule has 0 aromatic carbocycles. The van der Waals surface area contributed by atoms with E-state index in [9.17, 15) is 4.79 Å². The minimum absolute atomic E-state index is 0.0506. The zero-order chi connectivity index (χ0) is 17.5. The summed E-state index contributed by atoms with van der Waals surface area (Å²) in [6.45, 7) is 7.08. The number of hydrogen-bond acceptors (Lipinski definition) is 4. The van der Waals surface area contributed by atoms with E-state index < -0.39 is 0 Å². The first kappa shape index (κ1) is 17.1. The van der Waals surface area contributed by atoms with Crippen LogP contribution in [0.15, 0.2) is 18.5 Å². The molecule has 2 aromatic rings. The van der Waals surface area contributed by atoms with Gasteiger partial charge in [-0.1, -0.05) is 20.8 Å². The van der Waals surface area contributed by atoms with Gasteiger partial charge in [-0.25, -0.2) is 0 Å². The van der Waals surface area contributed by atoms with Gasteiger partial charge in [0.25, 0.3) is 5.91 Å². The summed E-state index contributed by atoms with van der Waals surface area (Å²) in [7, 11) is 3.75. The summed E-state index contributed by atoms with van der Waals surface area (Å²) in [6, 6.07) is 2.00. The standard InChI is InChI=1S/C17H25N5OS/c1-17(2,3)15-8-13(21(5)19-15)16(23)22-6-7-24-11-14(22)12-9-18-20(4)10-12/h8-10,14H,6-7,11H2,1-5H3. The summed E-state index contributed by atoms with van der Waals surface area (Å²) in [5, 5.41) is 8.81. The molecular weight excluding hydrogens is 322 g/mol. The van der Waals surface area contributed by atoms with Crippen LogP contribution in [0.5, 0.6) is 0 Å². The first-order valence-electron chi connectivity index (χ1n) is 8.19. The van der Waals surface area contributed by atoms with Crippen molar-refractivity contribution >= 4 is 17.7 Å². The fraction of sp³-hybridized carbons (Fsp3) is 0.588. The normalized spacial score (nSPS) is 18.9. The molecule has 24 heavy (non-hydrogen) atoms. The van der Waals surface area contributed by atoms with Crippen LogP contribution in [-0.4, -0.2) is 48.4 Å². The Morgan fingerprint density at radius 3 is 2.67 bits per heavy atom. The Morgan fingerprint density at radius 2 is 2.08 bits per heavy atom. The monoisotopic (exact) mass is 347 g/mol. The van der Waals surface area contributed by atoms with Gasteiger partial charge >= 0.3 is 0 Å². The maximum atomic E-state index is 13.2. The molecule has 1 unspecified atom stereocenters. The first-order chi connectivity index (χ1) is 11.3. The van der Waals surface area contributed by atoms with Gasteiger partial charge < -0.3 is 4.90 Å². The summed E-state index contributed by atoms with van der Waals surface area (Å²) in [5.74, 6) is 1.92. The lowest BCUT2D eigenvalue weighted by molar-refractivity contribution is 0.0690. The predicted octanol–water partition coefficient (Wildman–Crippen LogP) is 2.38. The largest absolute Gasteiger partial charge is 0.328 e. The second-order valence-electron chi connectivity index (χ2n) is 7.33. The molecule has 0 aliphatic carbocycles. The Morgan fingerprint density at radius 1 is 1.33 bits per heavy atom. The molecule has 0 bridgehead atoms. The fourth-order valence-electron chi connectivity index (χ4n) is 2.92. The highest BCUT2D eigenvalue weighted by atomic mass is 32.2. The van der Waals surface area contributed by atoms with Crippen LogP contribution in [0, 0.1) is 0 Å². The number of thioether (sulfide) groups is 1. The molecule has 1 amide bonds. The third-order valence-corrected chi connectivity index (χ3v) is 5.39. The van der Waals surface area contributed by atoms with Crippen LogP contribution in [0.4, 0.5) is 0 Å². The summed E-state index contributed by atoms with van der Waals surface area (Å²) in [5.41, 5.74) is 2.62. The molecule has 3 heterocycles. The number of aromatic nitrogens is 4. The van der Waals surface area contributed by atoms with Gasteiger partial charge in [-0.05, 0) is 6.07 Å². The fourth-order valence-corrected chi connectivity index (χ4v) is 4.00. The van der Waals surface area contributed by atoms with Crippen molar-refractivity contribution in [3.8, 4) is 0 Å². The zero-order valence-corrected chi connectivity index (χ0v) is 15.8. The topological polar surface area (TPSA) is 56.0 Å². The van der Waals surface area contributed by atoms with Crippen LogP contribution in [-0.2, 0) is 19.5 Å². The maximum Gasteiger partial charge on any atom is 0.272 e. The van der Waals surface area contributed by atoms with Crippen molar-refractivity contribution in [2.75, 3.05) is 18.1 Å². The number of carbonyl (C=O) groups is 1. The Hall–Kier alpha value is -1.76. The van der Waals surface area contributed by atoms with Crippen molar-refractivity contribution in [1.29, 1.82) is 0 Å². The maximum absolute atomic E-state index is 13.2. The molecule has 1 aliphatic rings. The second kappa shape index (κ2) is 6.27. The van der Waals surface area contributed by atoms with Gasteiger partial charge in [0.15, 0.2) is 0 Å². The van der Waals surface area contributed by atoms with Crippen molar-refractivity contribution < 1.29 is 4.79 Å². The minimum Gasteiger partial charge on any atom is -0.328 e.